The zero-order chi connectivity index (χ0) is 13.4. The molecule has 6 heteroatoms. The van der Waals surface area contributed by atoms with Gasteiger partial charge in [-0.15, -0.1) is 0 Å². The van der Waals surface area contributed by atoms with Crippen molar-refractivity contribution in [1.82, 2.24) is 14.9 Å². The summed E-state index contributed by atoms with van der Waals surface area (Å²) in [5.74, 6) is 0.410. The first-order chi connectivity index (χ1) is 8.41. The van der Waals surface area contributed by atoms with Gasteiger partial charge in [0.2, 0.25) is 0 Å². The molecule has 2 heterocycles. The van der Waals surface area contributed by atoms with Crippen molar-refractivity contribution in [2.24, 2.45) is 7.05 Å². The zero-order valence-corrected chi connectivity index (χ0v) is 11.2. The van der Waals surface area contributed by atoms with Gasteiger partial charge in [-0.1, -0.05) is 5.16 Å². The molecule has 0 fully saturated rings. The molecule has 0 atom stereocenters. The molecule has 18 heavy (non-hydrogen) atoms. The Labute approximate surface area is 105 Å². The van der Waals surface area contributed by atoms with E-state index in [1.54, 1.807) is 18.5 Å². The van der Waals surface area contributed by atoms with Crippen LogP contribution in [0.4, 0.5) is 5.69 Å². The van der Waals surface area contributed by atoms with Gasteiger partial charge >= 0.3 is 0 Å². The van der Waals surface area contributed by atoms with Crippen molar-refractivity contribution >= 4 is 11.6 Å². The highest BCUT2D eigenvalue weighted by Gasteiger charge is 2.20. The number of carbonyl (C=O) groups is 1. The van der Waals surface area contributed by atoms with Gasteiger partial charge in [0, 0.05) is 12.7 Å². The van der Waals surface area contributed by atoms with Gasteiger partial charge in [-0.05, 0) is 27.7 Å². The van der Waals surface area contributed by atoms with Crippen LogP contribution in [0.25, 0.3) is 0 Å². The molecular weight excluding hydrogens is 232 g/mol. The van der Waals surface area contributed by atoms with Gasteiger partial charge in [-0.3, -0.25) is 9.48 Å². The molecule has 0 aliphatic heterocycles. The molecule has 0 aromatic carbocycles. The Morgan fingerprint density at radius 1 is 1.22 bits per heavy atom. The largest absolute Gasteiger partial charge is 0.359 e. The third-order valence-corrected chi connectivity index (χ3v) is 3.01. The number of hydrogen-bond donors (Lipinski definition) is 1. The molecule has 1 amide bonds. The maximum absolute atomic E-state index is 12.2. The molecule has 1 N–H and O–H groups in total. The molecule has 0 radical (unpaired) electrons. The second kappa shape index (κ2) is 4.29. The summed E-state index contributed by atoms with van der Waals surface area (Å²) in [5.41, 5.74) is 3.43. The fourth-order valence-electron chi connectivity index (χ4n) is 1.94. The van der Waals surface area contributed by atoms with Gasteiger partial charge in [-0.2, -0.15) is 5.10 Å². The Morgan fingerprint density at radius 2 is 1.89 bits per heavy atom. The average molecular weight is 248 g/mol. The normalized spacial score (nSPS) is 10.7. The summed E-state index contributed by atoms with van der Waals surface area (Å²) in [5, 5.41) is 10.8. The first kappa shape index (κ1) is 12.3. The lowest BCUT2D eigenvalue weighted by Crippen LogP contribution is -2.15. The molecule has 2 aromatic heterocycles. The Balaban J connectivity index is 2.33. The molecule has 0 aliphatic carbocycles. The minimum absolute atomic E-state index is 0.187. The van der Waals surface area contributed by atoms with Crippen molar-refractivity contribution in [2.45, 2.75) is 27.7 Å². The molecule has 0 aliphatic rings. The van der Waals surface area contributed by atoms with Crippen molar-refractivity contribution in [2.75, 3.05) is 5.32 Å². The van der Waals surface area contributed by atoms with E-state index in [4.69, 9.17) is 4.52 Å². The van der Waals surface area contributed by atoms with Gasteiger partial charge in [0.15, 0.2) is 5.76 Å². The lowest BCUT2D eigenvalue weighted by molar-refractivity contribution is 0.102. The fourth-order valence-corrected chi connectivity index (χ4v) is 1.94. The van der Waals surface area contributed by atoms with Gasteiger partial charge in [0.05, 0.1) is 11.3 Å². The second-order valence-electron chi connectivity index (χ2n) is 4.32. The van der Waals surface area contributed by atoms with E-state index in [-0.39, 0.29) is 5.91 Å². The summed E-state index contributed by atoms with van der Waals surface area (Å²) in [7, 11) is 1.81. The third kappa shape index (κ3) is 1.90. The molecule has 0 saturated carbocycles. The number of anilines is 1. The van der Waals surface area contributed by atoms with Crippen LogP contribution >= 0.6 is 0 Å². The highest BCUT2D eigenvalue weighted by molar-refractivity contribution is 6.06. The minimum atomic E-state index is -0.187. The highest BCUT2D eigenvalue weighted by atomic mass is 16.5. The Morgan fingerprint density at radius 3 is 2.33 bits per heavy atom. The van der Waals surface area contributed by atoms with Crippen LogP contribution in [0.15, 0.2) is 4.52 Å². The summed E-state index contributed by atoms with van der Waals surface area (Å²) < 4.78 is 6.70. The van der Waals surface area contributed by atoms with Crippen LogP contribution < -0.4 is 5.32 Å². The third-order valence-electron chi connectivity index (χ3n) is 3.01. The molecule has 2 aromatic rings. The van der Waals surface area contributed by atoms with E-state index in [2.05, 4.69) is 15.6 Å². The van der Waals surface area contributed by atoms with Gasteiger partial charge in [0.1, 0.15) is 11.4 Å². The zero-order valence-electron chi connectivity index (χ0n) is 11.2. The number of amides is 1. The van der Waals surface area contributed by atoms with E-state index >= 15 is 0 Å². The standard InChI is InChI=1S/C12H16N4O2/c1-6-10(8(3)16(5)14-6)12(17)13-11-7(2)15-18-9(11)4/h1-5H3,(H,13,17). The van der Waals surface area contributed by atoms with Crippen molar-refractivity contribution in [3.63, 3.8) is 0 Å². The van der Waals surface area contributed by atoms with Crippen LogP contribution in [0.2, 0.25) is 0 Å². The predicted octanol–water partition coefficient (Wildman–Crippen LogP) is 1.89. The summed E-state index contributed by atoms with van der Waals surface area (Å²) >= 11 is 0. The molecule has 0 saturated heterocycles. The fraction of sp³-hybridized carbons (Fsp3) is 0.417. The number of rotatable bonds is 2. The number of nitrogens with zero attached hydrogens (tertiary/aromatic N) is 3. The summed E-state index contributed by atoms with van der Waals surface area (Å²) in [4.78, 5) is 12.2. The summed E-state index contributed by atoms with van der Waals surface area (Å²) in [6.07, 6.45) is 0. The molecular formula is C12H16N4O2. The van der Waals surface area contributed by atoms with Gasteiger partial charge in [0.25, 0.3) is 5.91 Å². The average Bonchev–Trinajstić information content (AvgIpc) is 2.73. The number of hydrogen-bond acceptors (Lipinski definition) is 4. The molecule has 0 bridgehead atoms. The molecule has 0 unspecified atom stereocenters. The van der Waals surface area contributed by atoms with Crippen LogP contribution in [0.3, 0.4) is 0 Å². The van der Waals surface area contributed by atoms with Crippen LogP contribution in [0, 0.1) is 27.7 Å². The quantitative estimate of drug-likeness (QED) is 0.880. The van der Waals surface area contributed by atoms with E-state index < -0.39 is 0 Å². The van der Waals surface area contributed by atoms with Crippen LogP contribution in [-0.2, 0) is 7.05 Å². The van der Waals surface area contributed by atoms with Crippen LogP contribution in [-0.4, -0.2) is 20.8 Å². The number of aryl methyl sites for hydroxylation is 4. The van der Waals surface area contributed by atoms with E-state index in [0.29, 0.717) is 28.4 Å². The summed E-state index contributed by atoms with van der Waals surface area (Å²) in [6, 6.07) is 0. The molecule has 96 valence electrons. The molecule has 2 rings (SSSR count). The molecule has 6 nitrogen and oxygen atoms in total. The van der Waals surface area contributed by atoms with Crippen molar-refractivity contribution in [3.05, 3.63) is 28.4 Å². The maximum Gasteiger partial charge on any atom is 0.259 e. The second-order valence-corrected chi connectivity index (χ2v) is 4.32. The Hall–Kier alpha value is -2.11. The van der Waals surface area contributed by atoms with Crippen LogP contribution in [0.5, 0.6) is 0 Å². The van der Waals surface area contributed by atoms with Gasteiger partial charge < -0.3 is 9.84 Å². The smallest absolute Gasteiger partial charge is 0.259 e. The van der Waals surface area contributed by atoms with E-state index in [9.17, 15) is 4.79 Å². The van der Waals surface area contributed by atoms with E-state index in [1.807, 2.05) is 20.9 Å². The Bertz CT molecular complexity index is 590. The van der Waals surface area contributed by atoms with Crippen LogP contribution in [0.1, 0.15) is 33.2 Å². The first-order valence-corrected chi connectivity index (χ1v) is 5.66. The summed E-state index contributed by atoms with van der Waals surface area (Å²) in [6.45, 7) is 7.23. The lowest BCUT2D eigenvalue weighted by Gasteiger charge is -2.04. The molecule has 0 spiro atoms. The minimum Gasteiger partial charge on any atom is -0.359 e. The topological polar surface area (TPSA) is 73.0 Å². The monoisotopic (exact) mass is 248 g/mol. The van der Waals surface area contributed by atoms with Gasteiger partial charge in [-0.25, -0.2) is 0 Å². The number of aromatic nitrogens is 3. The van der Waals surface area contributed by atoms with Crippen molar-refractivity contribution in [1.29, 1.82) is 0 Å². The predicted molar refractivity (Wildman–Crippen MR) is 66.6 cm³/mol. The highest BCUT2D eigenvalue weighted by Crippen LogP contribution is 2.21. The number of carbonyl (C=O) groups excluding carboxylic acids is 1. The Kier molecular flexibility index (Phi) is 2.94. The maximum atomic E-state index is 12.2. The lowest BCUT2D eigenvalue weighted by atomic mass is 10.2. The first-order valence-electron chi connectivity index (χ1n) is 5.66. The number of nitrogens with one attached hydrogen (secondary N) is 1. The van der Waals surface area contributed by atoms with E-state index in [1.165, 1.54) is 0 Å². The van der Waals surface area contributed by atoms with E-state index in [0.717, 1.165) is 5.69 Å². The SMILES string of the molecule is Cc1noc(C)c1NC(=O)c1c(C)nn(C)c1C. The van der Waals surface area contributed by atoms with Crippen molar-refractivity contribution in [3.8, 4) is 0 Å². The van der Waals surface area contributed by atoms with Crippen molar-refractivity contribution < 1.29 is 9.32 Å².